The quantitative estimate of drug-likeness (QED) is 0.757. The van der Waals surface area contributed by atoms with Gasteiger partial charge in [-0.05, 0) is 40.4 Å². The van der Waals surface area contributed by atoms with Gasteiger partial charge >= 0.3 is 0 Å². The van der Waals surface area contributed by atoms with E-state index in [9.17, 15) is 0 Å². The second kappa shape index (κ2) is 5.80. The van der Waals surface area contributed by atoms with Crippen LogP contribution in [0.15, 0.2) is 10.5 Å². The Morgan fingerprint density at radius 3 is 2.28 bits per heavy atom. The molecule has 0 spiro atoms. The number of methoxy groups -OCH3 is 3. The van der Waals surface area contributed by atoms with Crippen LogP contribution in [0.25, 0.3) is 0 Å². The molecule has 100 valence electrons. The van der Waals surface area contributed by atoms with E-state index < -0.39 is 0 Å². The van der Waals surface area contributed by atoms with Crippen LogP contribution in [-0.2, 0) is 11.2 Å². The molecule has 1 aromatic carbocycles. The maximum Gasteiger partial charge on any atom is 0.204 e. The molecule has 0 aromatic heterocycles. The van der Waals surface area contributed by atoms with E-state index in [4.69, 9.17) is 18.9 Å². The normalized spacial score (nSPS) is 17.4. The number of benzene rings is 1. The summed E-state index contributed by atoms with van der Waals surface area (Å²) in [5.41, 5.74) is 1.09. The van der Waals surface area contributed by atoms with Gasteiger partial charge in [-0.15, -0.1) is 0 Å². The average molecular weight is 317 g/mol. The van der Waals surface area contributed by atoms with Gasteiger partial charge in [0, 0.05) is 0 Å². The third kappa shape index (κ3) is 2.72. The summed E-state index contributed by atoms with van der Waals surface area (Å²) in [5.74, 6) is 2.01. The molecule has 0 saturated carbocycles. The third-order valence-electron chi connectivity index (χ3n) is 2.97. The summed E-state index contributed by atoms with van der Waals surface area (Å²) >= 11 is 3.49. The lowest BCUT2D eigenvalue weighted by molar-refractivity contribution is 0.320. The topological polar surface area (TPSA) is 40.2 Å². The molecule has 1 aliphatic heterocycles. The molecule has 0 aliphatic carbocycles. The van der Waals surface area contributed by atoms with Crippen LogP contribution >= 0.6 is 15.9 Å². The molecule has 1 heterocycles. The Labute approximate surface area is 115 Å². The fourth-order valence-electron chi connectivity index (χ4n) is 1.98. The molecule has 0 N–H and O–H groups in total. The molecule has 1 fully saturated rings. The molecule has 18 heavy (non-hydrogen) atoms. The average Bonchev–Trinajstić information content (AvgIpc) is 3.19. The van der Waals surface area contributed by atoms with E-state index in [1.54, 1.807) is 21.3 Å². The highest BCUT2D eigenvalue weighted by molar-refractivity contribution is 9.10. The molecule has 1 atom stereocenters. The van der Waals surface area contributed by atoms with E-state index in [0.29, 0.717) is 17.6 Å². The number of halogens is 1. The van der Waals surface area contributed by atoms with Crippen molar-refractivity contribution in [2.24, 2.45) is 0 Å². The molecule has 1 aromatic rings. The van der Waals surface area contributed by atoms with E-state index in [0.717, 1.165) is 35.2 Å². The van der Waals surface area contributed by atoms with Crippen molar-refractivity contribution in [2.75, 3.05) is 27.9 Å². The van der Waals surface area contributed by atoms with Gasteiger partial charge in [-0.25, -0.2) is 0 Å². The first kappa shape index (κ1) is 13.5. The van der Waals surface area contributed by atoms with E-state index in [2.05, 4.69) is 15.9 Å². The third-order valence-corrected chi connectivity index (χ3v) is 3.56. The zero-order valence-corrected chi connectivity index (χ0v) is 12.4. The predicted octanol–water partition coefficient (Wildman–Crippen LogP) is 2.81. The Kier molecular flexibility index (Phi) is 4.35. The minimum Gasteiger partial charge on any atom is -0.492 e. The monoisotopic (exact) mass is 316 g/mol. The summed E-state index contributed by atoms with van der Waals surface area (Å²) in [7, 11) is 4.86. The van der Waals surface area contributed by atoms with Crippen molar-refractivity contribution < 1.29 is 18.9 Å². The molecular formula is C13H17BrO4. The second-order valence-electron chi connectivity index (χ2n) is 4.11. The van der Waals surface area contributed by atoms with Crippen LogP contribution < -0.4 is 14.2 Å². The lowest BCUT2D eigenvalue weighted by atomic mass is 10.1. The van der Waals surface area contributed by atoms with Crippen LogP contribution in [0, 0.1) is 0 Å². The van der Waals surface area contributed by atoms with Crippen molar-refractivity contribution in [1.29, 1.82) is 0 Å². The summed E-state index contributed by atoms with van der Waals surface area (Å²) < 4.78 is 22.3. The van der Waals surface area contributed by atoms with Gasteiger partial charge in [0.1, 0.15) is 0 Å². The molecule has 0 radical (unpaired) electrons. The van der Waals surface area contributed by atoms with E-state index in [1.807, 2.05) is 6.07 Å². The second-order valence-corrected chi connectivity index (χ2v) is 4.97. The highest BCUT2D eigenvalue weighted by atomic mass is 79.9. The predicted molar refractivity (Wildman–Crippen MR) is 71.9 cm³/mol. The minimum absolute atomic E-state index is 0.404. The number of hydrogen-bond acceptors (Lipinski definition) is 4. The van der Waals surface area contributed by atoms with Crippen molar-refractivity contribution in [1.82, 2.24) is 0 Å². The maximum absolute atomic E-state index is 5.45. The molecule has 1 saturated heterocycles. The van der Waals surface area contributed by atoms with Gasteiger partial charge in [-0.3, -0.25) is 0 Å². The van der Waals surface area contributed by atoms with Crippen molar-refractivity contribution in [3.63, 3.8) is 0 Å². The van der Waals surface area contributed by atoms with Gasteiger partial charge in [0.05, 0.1) is 38.5 Å². The molecular weight excluding hydrogens is 300 g/mol. The Morgan fingerprint density at radius 2 is 1.78 bits per heavy atom. The van der Waals surface area contributed by atoms with E-state index >= 15 is 0 Å². The van der Waals surface area contributed by atoms with E-state index in [1.165, 1.54) is 0 Å². The zero-order valence-electron chi connectivity index (χ0n) is 10.8. The van der Waals surface area contributed by atoms with Crippen LogP contribution in [0.2, 0.25) is 0 Å². The van der Waals surface area contributed by atoms with Gasteiger partial charge in [0.25, 0.3) is 0 Å². The first-order valence-corrected chi connectivity index (χ1v) is 6.59. The standard InChI is InChI=1S/C13H17BrO4/c1-15-11-8(4-5-9-7-18-9)6-10(14)12(16-2)13(11)17-3/h6,9H,4-5,7H2,1-3H3. The van der Waals surface area contributed by atoms with Crippen molar-refractivity contribution in [3.8, 4) is 17.2 Å². The van der Waals surface area contributed by atoms with Crippen LogP contribution in [0.5, 0.6) is 17.2 Å². The molecule has 1 aliphatic rings. The molecule has 0 bridgehead atoms. The first-order chi connectivity index (χ1) is 8.71. The number of aryl methyl sites for hydroxylation is 1. The van der Waals surface area contributed by atoms with Crippen molar-refractivity contribution >= 4 is 15.9 Å². The number of hydrogen-bond donors (Lipinski definition) is 0. The SMILES string of the molecule is COc1c(Br)cc(CCC2CO2)c(OC)c1OC. The van der Waals surface area contributed by atoms with Crippen molar-refractivity contribution in [2.45, 2.75) is 18.9 Å². The van der Waals surface area contributed by atoms with Gasteiger partial charge in [-0.2, -0.15) is 0 Å². The Hall–Kier alpha value is -0.940. The fourth-order valence-corrected chi connectivity index (χ4v) is 2.60. The molecule has 4 nitrogen and oxygen atoms in total. The largest absolute Gasteiger partial charge is 0.492 e. The summed E-state index contributed by atoms with van der Waals surface area (Å²) in [4.78, 5) is 0. The minimum atomic E-state index is 0.404. The highest BCUT2D eigenvalue weighted by Crippen LogP contribution is 2.45. The molecule has 1 unspecified atom stereocenters. The summed E-state index contributed by atoms with van der Waals surface area (Å²) in [6.45, 7) is 0.872. The van der Waals surface area contributed by atoms with Gasteiger partial charge < -0.3 is 18.9 Å². The van der Waals surface area contributed by atoms with Crippen LogP contribution in [0.1, 0.15) is 12.0 Å². The summed E-state index contributed by atoms with van der Waals surface area (Å²) in [5, 5.41) is 0. The summed E-state index contributed by atoms with van der Waals surface area (Å²) in [6, 6.07) is 2.02. The zero-order chi connectivity index (χ0) is 13.1. The molecule has 2 rings (SSSR count). The van der Waals surface area contributed by atoms with Crippen LogP contribution in [-0.4, -0.2) is 34.0 Å². The lowest BCUT2D eigenvalue weighted by Crippen LogP contribution is -2.01. The Morgan fingerprint density at radius 1 is 1.17 bits per heavy atom. The summed E-state index contributed by atoms with van der Waals surface area (Å²) in [6.07, 6.45) is 2.30. The number of ether oxygens (including phenoxy) is 4. The molecule has 0 amide bonds. The fraction of sp³-hybridized carbons (Fsp3) is 0.538. The Balaban J connectivity index is 2.34. The van der Waals surface area contributed by atoms with Crippen molar-refractivity contribution in [3.05, 3.63) is 16.1 Å². The first-order valence-electron chi connectivity index (χ1n) is 5.80. The van der Waals surface area contributed by atoms with Gasteiger partial charge in [0.2, 0.25) is 5.75 Å². The maximum atomic E-state index is 5.45. The molecule has 5 heteroatoms. The number of rotatable bonds is 6. The number of epoxide rings is 1. The van der Waals surface area contributed by atoms with Gasteiger partial charge in [-0.1, -0.05) is 0 Å². The lowest BCUT2D eigenvalue weighted by Gasteiger charge is -2.17. The van der Waals surface area contributed by atoms with E-state index in [-0.39, 0.29) is 0 Å². The highest BCUT2D eigenvalue weighted by Gasteiger charge is 2.24. The smallest absolute Gasteiger partial charge is 0.204 e. The van der Waals surface area contributed by atoms with Crippen LogP contribution in [0.3, 0.4) is 0 Å². The van der Waals surface area contributed by atoms with Gasteiger partial charge in [0.15, 0.2) is 11.5 Å². The Bertz CT molecular complexity index is 429. The van der Waals surface area contributed by atoms with Crippen LogP contribution in [0.4, 0.5) is 0 Å².